The standard InChI is InChI=1S/C40H40N6O7S2/c1-20-10-29(47)35-31(50-20)15-30-25(36(35)48)14-33-39(2,52-30)7-9-54-55-19-26-24(13-23(44-37(26)42)17-46-16-22-6-8-43-28(22)18-46)27-11-21(12-34(41)45-27)4-5-32-40(3,53-32)38(49)51-33/h6,8,10-13,15,18,32-33,48H,4-5,7,9,14,16-17,19H2,1-3H3,(H2,41,45)(H2,42,44). The molecule has 5 aliphatic heterocycles. The number of nitrogens with zero attached hydrogens (tertiary/aromatic N) is 4. The summed E-state index contributed by atoms with van der Waals surface area (Å²) in [6.07, 6.45) is 6.49. The van der Waals surface area contributed by atoms with E-state index >= 15 is 0 Å². The largest absolute Gasteiger partial charge is 0.507 e. The van der Waals surface area contributed by atoms with E-state index in [1.807, 2.05) is 37.5 Å². The Bertz CT molecular complexity index is 2450. The highest BCUT2D eigenvalue weighted by molar-refractivity contribution is 8.76. The van der Waals surface area contributed by atoms with Crippen molar-refractivity contribution >= 4 is 56.4 Å². The van der Waals surface area contributed by atoms with Crippen LogP contribution in [0.25, 0.3) is 22.2 Å². The van der Waals surface area contributed by atoms with E-state index in [1.165, 1.54) is 11.6 Å². The highest BCUT2D eigenvalue weighted by Crippen LogP contribution is 2.47. The van der Waals surface area contributed by atoms with Crippen LogP contribution in [-0.4, -0.2) is 67.9 Å². The lowest BCUT2D eigenvalue weighted by molar-refractivity contribution is -0.168. The van der Waals surface area contributed by atoms with Gasteiger partial charge in [-0.05, 0) is 63.5 Å². The molecule has 5 aliphatic rings. The van der Waals surface area contributed by atoms with Crippen LogP contribution in [0.2, 0.25) is 0 Å². The van der Waals surface area contributed by atoms with Gasteiger partial charge in [0, 0.05) is 77.7 Å². The topological polar surface area (TPSA) is 192 Å². The van der Waals surface area contributed by atoms with Gasteiger partial charge in [-0.1, -0.05) is 21.6 Å². The summed E-state index contributed by atoms with van der Waals surface area (Å²) >= 11 is 0. The maximum absolute atomic E-state index is 13.9. The minimum Gasteiger partial charge on any atom is -0.507 e. The summed E-state index contributed by atoms with van der Waals surface area (Å²) in [6.45, 7) is 6.63. The molecule has 8 heterocycles. The third-order valence-electron chi connectivity index (χ3n) is 11.1. The van der Waals surface area contributed by atoms with Gasteiger partial charge in [0.25, 0.3) is 0 Å². The number of esters is 1. The number of benzene rings is 1. The monoisotopic (exact) mass is 780 g/mol. The van der Waals surface area contributed by atoms with Crippen LogP contribution in [0, 0.1) is 6.92 Å². The molecule has 1 saturated heterocycles. The molecule has 0 aliphatic carbocycles. The molecule has 0 amide bonds. The quantitative estimate of drug-likeness (QED) is 0.126. The van der Waals surface area contributed by atoms with Gasteiger partial charge in [0.2, 0.25) is 0 Å². The van der Waals surface area contributed by atoms with Crippen molar-refractivity contribution < 1.29 is 28.5 Å². The van der Waals surface area contributed by atoms with E-state index in [-0.39, 0.29) is 34.7 Å². The van der Waals surface area contributed by atoms with Crippen molar-refractivity contribution in [2.45, 2.75) is 82.2 Å². The summed E-state index contributed by atoms with van der Waals surface area (Å²) in [5, 5.41) is 11.4. The second kappa shape index (κ2) is 13.3. The molecule has 1 fully saturated rings. The van der Waals surface area contributed by atoms with Crippen LogP contribution in [0.1, 0.15) is 54.8 Å². The number of carbonyl (C=O) groups excluding carboxylic acids is 1. The van der Waals surface area contributed by atoms with Crippen LogP contribution in [-0.2, 0) is 39.4 Å². The molecule has 9 rings (SSSR count). The minimum absolute atomic E-state index is 0.0664. The van der Waals surface area contributed by atoms with Crippen LogP contribution in [0.15, 0.2) is 68.1 Å². The number of aliphatic imine (C=N–C) groups is 1. The number of phenolic OH excluding ortho intramolecular Hbond substituents is 1. The molecule has 1 aromatic carbocycles. The average molecular weight is 781 g/mol. The van der Waals surface area contributed by atoms with E-state index < -0.39 is 23.3 Å². The Hall–Kier alpha value is -4.99. The van der Waals surface area contributed by atoms with Gasteiger partial charge in [0.15, 0.2) is 11.0 Å². The van der Waals surface area contributed by atoms with Crippen molar-refractivity contribution in [1.29, 1.82) is 0 Å². The zero-order valence-electron chi connectivity index (χ0n) is 30.6. The van der Waals surface area contributed by atoms with Crippen LogP contribution >= 0.6 is 21.6 Å². The number of carbonyl (C=O) groups is 1. The molecule has 15 heteroatoms. The number of anilines is 2. The Morgan fingerprint density at radius 2 is 1.91 bits per heavy atom. The lowest BCUT2D eigenvalue weighted by atomic mass is 9.86. The Morgan fingerprint density at radius 1 is 1.05 bits per heavy atom. The normalized spacial score (nSPS) is 25.9. The van der Waals surface area contributed by atoms with Gasteiger partial charge < -0.3 is 40.1 Å². The molecule has 55 heavy (non-hydrogen) atoms. The molecular formula is C40H40N6O7S2. The number of aryl methyl sites for hydroxylation is 2. The number of ether oxygens (including phenoxy) is 3. The van der Waals surface area contributed by atoms with Gasteiger partial charge in [-0.25, -0.2) is 14.8 Å². The lowest BCUT2D eigenvalue weighted by Gasteiger charge is -2.42. The van der Waals surface area contributed by atoms with Gasteiger partial charge in [-0.2, -0.15) is 0 Å². The molecule has 0 saturated carbocycles. The molecule has 4 atom stereocenters. The first-order valence-corrected chi connectivity index (χ1v) is 20.7. The first-order chi connectivity index (χ1) is 26.4. The first kappa shape index (κ1) is 35.7. The van der Waals surface area contributed by atoms with Gasteiger partial charge in [0.05, 0.1) is 29.7 Å². The smallest absolute Gasteiger partial charge is 0.341 e. The van der Waals surface area contributed by atoms with Crippen molar-refractivity contribution in [3.63, 3.8) is 0 Å². The molecule has 5 N–H and O–H groups in total. The highest BCUT2D eigenvalue weighted by Gasteiger charge is 2.61. The van der Waals surface area contributed by atoms with Crippen molar-refractivity contribution in [3.05, 3.63) is 92.2 Å². The van der Waals surface area contributed by atoms with Crippen molar-refractivity contribution in [2.24, 2.45) is 4.99 Å². The molecule has 4 aromatic rings. The molecule has 4 unspecified atom stereocenters. The van der Waals surface area contributed by atoms with Crippen molar-refractivity contribution in [1.82, 2.24) is 14.9 Å². The SMILES string of the molecule is Cc1cc(=O)c2c(O)c3c(cc2o1)OC1(C)CCSSCc2c(cc(CN4C=C5N=CC=C5C4)nc2N)-c2cc(cc(N)n2)CCC2OC2(C)C(=O)OC1C3. The van der Waals surface area contributed by atoms with Gasteiger partial charge in [0.1, 0.15) is 51.6 Å². The number of aromatic nitrogens is 2. The molecular weight excluding hydrogens is 741 g/mol. The Kier molecular flexibility index (Phi) is 8.66. The highest BCUT2D eigenvalue weighted by atomic mass is 33.1. The molecule has 3 aromatic heterocycles. The number of rotatable bonds is 2. The van der Waals surface area contributed by atoms with Crippen LogP contribution in [0.5, 0.6) is 11.5 Å². The third kappa shape index (κ3) is 6.51. The van der Waals surface area contributed by atoms with Crippen LogP contribution in [0.3, 0.4) is 0 Å². The second-order valence-corrected chi connectivity index (χ2v) is 17.7. The summed E-state index contributed by atoms with van der Waals surface area (Å²) in [6, 6.07) is 8.92. The number of fused-ring (bicyclic) bond motifs is 9. The van der Waals surface area contributed by atoms with Crippen molar-refractivity contribution in [3.8, 4) is 22.8 Å². The average Bonchev–Trinajstić information content (AvgIpc) is 3.37. The summed E-state index contributed by atoms with van der Waals surface area (Å²) in [5.41, 5.74) is 17.6. The van der Waals surface area contributed by atoms with Gasteiger partial charge >= 0.3 is 5.97 Å². The van der Waals surface area contributed by atoms with E-state index in [9.17, 15) is 14.7 Å². The fraction of sp³-hybridized carbons (Fsp3) is 0.375. The summed E-state index contributed by atoms with van der Waals surface area (Å²) < 4.78 is 24.7. The first-order valence-electron chi connectivity index (χ1n) is 18.2. The second-order valence-electron chi connectivity index (χ2n) is 15.1. The van der Waals surface area contributed by atoms with Crippen molar-refractivity contribution in [2.75, 3.05) is 23.8 Å². The zero-order valence-corrected chi connectivity index (χ0v) is 32.2. The molecule has 0 spiro atoms. The van der Waals surface area contributed by atoms with E-state index in [0.29, 0.717) is 71.7 Å². The fourth-order valence-electron chi connectivity index (χ4n) is 7.92. The molecule has 13 nitrogen and oxygen atoms in total. The summed E-state index contributed by atoms with van der Waals surface area (Å²) in [5.74, 6) is 2.06. The van der Waals surface area contributed by atoms with E-state index in [1.54, 1.807) is 41.5 Å². The lowest BCUT2D eigenvalue weighted by Crippen LogP contribution is -2.52. The number of pyridine rings is 2. The number of aromatic hydroxyl groups is 1. The number of hydrogen-bond acceptors (Lipinski definition) is 15. The van der Waals surface area contributed by atoms with E-state index in [2.05, 4.69) is 16.0 Å². The number of allylic oxidation sites excluding steroid dienone is 1. The molecule has 284 valence electrons. The Morgan fingerprint density at radius 3 is 2.75 bits per heavy atom. The Balaban J connectivity index is 1.04. The zero-order chi connectivity index (χ0) is 38.2. The third-order valence-corrected chi connectivity index (χ3v) is 13.4. The van der Waals surface area contributed by atoms with Gasteiger partial charge in [-0.15, -0.1) is 0 Å². The summed E-state index contributed by atoms with van der Waals surface area (Å²) in [4.78, 5) is 43.0. The number of phenols is 1. The number of epoxide rings is 1. The number of hydrogen-bond donors (Lipinski definition) is 3. The van der Waals surface area contributed by atoms with E-state index in [0.717, 1.165) is 34.6 Å². The Labute approximate surface area is 324 Å². The maximum atomic E-state index is 13.9. The number of nitrogen functional groups attached to an aromatic ring is 2. The molecule has 0 radical (unpaired) electrons. The molecule has 2 bridgehead atoms. The van der Waals surface area contributed by atoms with Gasteiger partial charge in [-0.3, -0.25) is 9.79 Å². The minimum atomic E-state index is -1.16. The maximum Gasteiger partial charge on any atom is 0.341 e. The van der Waals surface area contributed by atoms with Crippen LogP contribution in [0.4, 0.5) is 11.6 Å². The predicted octanol–water partition coefficient (Wildman–Crippen LogP) is 5.78. The predicted molar refractivity (Wildman–Crippen MR) is 213 cm³/mol. The van der Waals surface area contributed by atoms with E-state index in [4.69, 9.17) is 40.1 Å². The number of nitrogens with two attached hydrogens (primary N) is 2. The fourth-order valence-corrected chi connectivity index (χ4v) is 10.2. The summed E-state index contributed by atoms with van der Waals surface area (Å²) in [7, 11) is 3.27. The van der Waals surface area contributed by atoms with Crippen LogP contribution < -0.4 is 21.6 Å².